The Morgan fingerprint density at radius 3 is 2.77 bits per heavy atom. The van der Waals surface area contributed by atoms with Crippen molar-refractivity contribution in [1.29, 1.82) is 0 Å². The Morgan fingerprint density at radius 2 is 2.00 bits per heavy atom. The van der Waals surface area contributed by atoms with Crippen LogP contribution in [0.25, 0.3) is 0 Å². The lowest BCUT2D eigenvalue weighted by Gasteiger charge is -2.33. The molecule has 5 rings (SSSR count). The second-order valence-electron chi connectivity index (χ2n) is 7.43. The SMILES string of the molecule is Cc1ccc2c(c1)C1(SCCN1C(=O)c1cccs1)C(=O)N2Cc1ccccc1F. The molecule has 152 valence electrons. The summed E-state index contributed by atoms with van der Waals surface area (Å²) >= 11 is 2.86. The number of benzene rings is 2. The second-order valence-corrected chi connectivity index (χ2v) is 9.67. The summed E-state index contributed by atoms with van der Waals surface area (Å²) in [4.78, 5) is 30.0. The van der Waals surface area contributed by atoms with Gasteiger partial charge in [-0.2, -0.15) is 0 Å². The van der Waals surface area contributed by atoms with Gasteiger partial charge in [0.25, 0.3) is 11.8 Å². The Labute approximate surface area is 182 Å². The lowest BCUT2D eigenvalue weighted by molar-refractivity contribution is -0.123. The first-order valence-corrected chi connectivity index (χ1v) is 11.5. The summed E-state index contributed by atoms with van der Waals surface area (Å²) in [5, 5.41) is 1.86. The quantitative estimate of drug-likeness (QED) is 0.591. The maximum Gasteiger partial charge on any atom is 0.268 e. The van der Waals surface area contributed by atoms with Crippen LogP contribution in [-0.2, 0) is 16.2 Å². The van der Waals surface area contributed by atoms with Crippen molar-refractivity contribution in [3.05, 3.63) is 87.4 Å². The minimum Gasteiger partial charge on any atom is -0.310 e. The summed E-state index contributed by atoms with van der Waals surface area (Å²) in [7, 11) is 0. The molecule has 1 spiro atoms. The molecular formula is C23H19FN2O2S2. The Bertz CT molecular complexity index is 1150. The Hall–Kier alpha value is -2.64. The standard InChI is InChI=1S/C23H19FN2O2S2/c1-15-8-9-19-17(13-15)23(22(28)25(19)14-16-5-2-3-6-18(16)24)26(10-12-30-23)21(27)20-7-4-11-29-20/h2-9,11,13H,10,12,14H2,1H3. The van der Waals surface area contributed by atoms with Gasteiger partial charge in [-0.3, -0.25) is 9.59 Å². The van der Waals surface area contributed by atoms with Gasteiger partial charge in [-0.1, -0.05) is 42.0 Å². The fraction of sp³-hybridized carbons (Fsp3) is 0.217. The molecular weight excluding hydrogens is 419 g/mol. The molecule has 2 aliphatic rings. The average molecular weight is 439 g/mol. The Balaban J connectivity index is 1.62. The van der Waals surface area contributed by atoms with Gasteiger partial charge < -0.3 is 9.80 Å². The van der Waals surface area contributed by atoms with E-state index in [0.717, 1.165) is 16.8 Å². The first-order valence-electron chi connectivity index (χ1n) is 9.68. The zero-order valence-electron chi connectivity index (χ0n) is 16.3. The van der Waals surface area contributed by atoms with Crippen LogP contribution in [-0.4, -0.2) is 29.0 Å². The van der Waals surface area contributed by atoms with E-state index in [-0.39, 0.29) is 24.2 Å². The normalized spacial score (nSPS) is 20.3. The van der Waals surface area contributed by atoms with E-state index in [4.69, 9.17) is 0 Å². The molecule has 1 fully saturated rings. The number of thioether (sulfide) groups is 1. The van der Waals surface area contributed by atoms with Gasteiger partial charge in [0.15, 0.2) is 4.87 Å². The van der Waals surface area contributed by atoms with Gasteiger partial charge in [0.2, 0.25) is 0 Å². The molecule has 0 bridgehead atoms. The molecule has 0 aliphatic carbocycles. The maximum atomic E-state index is 14.4. The van der Waals surface area contributed by atoms with E-state index in [2.05, 4.69) is 0 Å². The minimum atomic E-state index is -1.10. The van der Waals surface area contributed by atoms with E-state index in [0.29, 0.717) is 22.7 Å². The van der Waals surface area contributed by atoms with Crippen LogP contribution in [0.4, 0.5) is 10.1 Å². The van der Waals surface area contributed by atoms with E-state index in [9.17, 15) is 14.0 Å². The number of carbonyl (C=O) groups is 2. The van der Waals surface area contributed by atoms with E-state index in [1.807, 2.05) is 36.6 Å². The van der Waals surface area contributed by atoms with Crippen LogP contribution in [0, 0.1) is 12.7 Å². The van der Waals surface area contributed by atoms with E-state index < -0.39 is 4.87 Å². The molecule has 0 saturated carbocycles. The number of rotatable bonds is 3. The zero-order chi connectivity index (χ0) is 20.9. The van der Waals surface area contributed by atoms with Gasteiger partial charge in [-0.05, 0) is 30.5 Å². The first kappa shape index (κ1) is 19.3. The summed E-state index contributed by atoms with van der Waals surface area (Å²) in [5.74, 6) is 0.0110. The van der Waals surface area contributed by atoms with Crippen LogP contribution in [0.3, 0.4) is 0 Å². The molecule has 1 atom stereocenters. The highest BCUT2D eigenvalue weighted by Crippen LogP contribution is 2.55. The van der Waals surface area contributed by atoms with Gasteiger partial charge in [0.05, 0.1) is 17.1 Å². The Kier molecular flexibility index (Phi) is 4.67. The molecule has 2 aromatic carbocycles. The first-order chi connectivity index (χ1) is 14.5. The highest BCUT2D eigenvalue weighted by molar-refractivity contribution is 8.01. The van der Waals surface area contributed by atoms with Crippen molar-refractivity contribution < 1.29 is 14.0 Å². The van der Waals surface area contributed by atoms with Crippen LogP contribution in [0.1, 0.15) is 26.4 Å². The molecule has 3 aromatic rings. The molecule has 1 aromatic heterocycles. The smallest absolute Gasteiger partial charge is 0.268 e. The molecule has 30 heavy (non-hydrogen) atoms. The number of thiophene rings is 1. The van der Waals surface area contributed by atoms with Gasteiger partial charge >= 0.3 is 0 Å². The van der Waals surface area contributed by atoms with Crippen molar-refractivity contribution in [1.82, 2.24) is 4.90 Å². The average Bonchev–Trinajstić information content (AvgIpc) is 3.47. The number of anilines is 1. The van der Waals surface area contributed by atoms with Crippen molar-refractivity contribution >= 4 is 40.6 Å². The highest BCUT2D eigenvalue weighted by Gasteiger charge is 2.59. The van der Waals surface area contributed by atoms with Crippen molar-refractivity contribution in [2.24, 2.45) is 0 Å². The van der Waals surface area contributed by atoms with Gasteiger partial charge in [0, 0.05) is 23.4 Å². The lowest BCUT2D eigenvalue weighted by atomic mass is 10.0. The lowest BCUT2D eigenvalue weighted by Crippen LogP contribution is -2.50. The van der Waals surface area contributed by atoms with E-state index in [1.54, 1.807) is 34.1 Å². The fourth-order valence-electron chi connectivity index (χ4n) is 4.22. The number of carbonyl (C=O) groups excluding carboxylic acids is 2. The minimum absolute atomic E-state index is 0.130. The van der Waals surface area contributed by atoms with Gasteiger partial charge in [-0.25, -0.2) is 4.39 Å². The number of aryl methyl sites for hydroxylation is 1. The van der Waals surface area contributed by atoms with Crippen molar-refractivity contribution in [2.45, 2.75) is 18.3 Å². The number of hydrogen-bond donors (Lipinski definition) is 0. The highest BCUT2D eigenvalue weighted by atomic mass is 32.2. The third-order valence-electron chi connectivity index (χ3n) is 5.61. The molecule has 7 heteroatoms. The van der Waals surface area contributed by atoms with Crippen LogP contribution in [0.5, 0.6) is 0 Å². The van der Waals surface area contributed by atoms with E-state index >= 15 is 0 Å². The predicted molar refractivity (Wildman–Crippen MR) is 118 cm³/mol. The monoisotopic (exact) mass is 438 g/mol. The Morgan fingerprint density at radius 1 is 1.17 bits per heavy atom. The zero-order valence-corrected chi connectivity index (χ0v) is 17.9. The topological polar surface area (TPSA) is 40.6 Å². The molecule has 2 aliphatic heterocycles. The van der Waals surface area contributed by atoms with Crippen molar-refractivity contribution in [3.63, 3.8) is 0 Å². The number of amides is 2. The summed E-state index contributed by atoms with van der Waals surface area (Å²) in [6, 6.07) is 16.0. The molecule has 0 N–H and O–H groups in total. The third kappa shape index (κ3) is 2.80. The largest absolute Gasteiger partial charge is 0.310 e. The van der Waals surface area contributed by atoms with Gasteiger partial charge in [-0.15, -0.1) is 23.1 Å². The second kappa shape index (κ2) is 7.25. The van der Waals surface area contributed by atoms with Crippen LogP contribution >= 0.6 is 23.1 Å². The number of hydrogen-bond acceptors (Lipinski definition) is 4. The summed E-state index contributed by atoms with van der Waals surface area (Å²) in [6.45, 7) is 2.60. The fourth-order valence-corrected chi connectivity index (χ4v) is 6.34. The molecule has 0 radical (unpaired) electrons. The summed E-state index contributed by atoms with van der Waals surface area (Å²) in [5.41, 5.74) is 3.03. The number of fused-ring (bicyclic) bond motifs is 2. The summed E-state index contributed by atoms with van der Waals surface area (Å²) < 4.78 is 14.4. The number of halogens is 1. The molecule has 1 saturated heterocycles. The maximum absolute atomic E-state index is 14.4. The summed E-state index contributed by atoms with van der Waals surface area (Å²) in [6.07, 6.45) is 0. The molecule has 2 amide bonds. The molecule has 3 heterocycles. The van der Waals surface area contributed by atoms with Crippen LogP contribution in [0.2, 0.25) is 0 Å². The predicted octanol–water partition coefficient (Wildman–Crippen LogP) is 4.78. The van der Waals surface area contributed by atoms with Crippen LogP contribution < -0.4 is 4.90 Å². The van der Waals surface area contributed by atoms with Crippen molar-refractivity contribution in [2.75, 3.05) is 17.2 Å². The molecule has 1 unspecified atom stereocenters. The third-order valence-corrected chi connectivity index (χ3v) is 7.89. The van der Waals surface area contributed by atoms with Gasteiger partial charge in [0.1, 0.15) is 5.82 Å². The molecule has 4 nitrogen and oxygen atoms in total. The number of nitrogens with zero attached hydrogens (tertiary/aromatic N) is 2. The van der Waals surface area contributed by atoms with Crippen LogP contribution in [0.15, 0.2) is 60.0 Å². The van der Waals surface area contributed by atoms with E-state index in [1.165, 1.54) is 29.2 Å². The van der Waals surface area contributed by atoms with Crippen molar-refractivity contribution in [3.8, 4) is 0 Å².